The van der Waals surface area contributed by atoms with Crippen LogP contribution in [0, 0.1) is 0 Å². The monoisotopic (exact) mass is 590 g/mol. The van der Waals surface area contributed by atoms with E-state index in [1.165, 1.54) is 10.8 Å². The molecule has 0 amide bonds. The van der Waals surface area contributed by atoms with Crippen LogP contribution in [-0.4, -0.2) is 23.1 Å². The molecular formula is C38H46N2O2Si. The van der Waals surface area contributed by atoms with Gasteiger partial charge in [0, 0.05) is 22.9 Å². The molecule has 5 rings (SSSR count). The maximum Gasteiger partial charge on any atom is 0.231 e. The van der Waals surface area contributed by atoms with Gasteiger partial charge in [-0.1, -0.05) is 104 Å². The lowest BCUT2D eigenvalue weighted by Crippen LogP contribution is -2.37. The summed E-state index contributed by atoms with van der Waals surface area (Å²) in [4.78, 5) is 9.80. The molecule has 2 aromatic heterocycles. The van der Waals surface area contributed by atoms with E-state index in [4.69, 9.17) is 9.40 Å². The Morgan fingerprint density at radius 2 is 1.49 bits per heavy atom. The lowest BCUT2D eigenvalue weighted by Gasteiger charge is -2.27. The SMILES string of the molecule is CC(C)c1cc(-c2ccccn2)cc(-c2cc([Si](C)(C)C)cc3oc(-c4cc(C(C)(C)C)cc(C(C)(C)C)c4O)nc23)c1. The van der Waals surface area contributed by atoms with Gasteiger partial charge in [-0.3, -0.25) is 4.98 Å². The van der Waals surface area contributed by atoms with Crippen molar-refractivity contribution in [3.05, 3.63) is 83.6 Å². The number of aromatic nitrogens is 2. The van der Waals surface area contributed by atoms with Crippen molar-refractivity contribution < 1.29 is 9.52 Å². The average Bonchev–Trinajstić information content (AvgIpc) is 3.35. The maximum atomic E-state index is 11.6. The Balaban J connectivity index is 1.82. The highest BCUT2D eigenvalue weighted by Crippen LogP contribution is 2.43. The van der Waals surface area contributed by atoms with E-state index in [0.29, 0.717) is 17.4 Å². The molecular weight excluding hydrogens is 545 g/mol. The van der Waals surface area contributed by atoms with Crippen LogP contribution in [0.25, 0.3) is 44.9 Å². The molecule has 0 saturated carbocycles. The Bertz CT molecular complexity index is 1800. The molecule has 0 unspecified atom stereocenters. The molecule has 0 aliphatic rings. The second kappa shape index (κ2) is 10.8. The van der Waals surface area contributed by atoms with E-state index in [9.17, 15) is 5.11 Å². The van der Waals surface area contributed by atoms with Crippen LogP contribution in [0.15, 0.2) is 71.3 Å². The van der Waals surface area contributed by atoms with Gasteiger partial charge in [-0.15, -0.1) is 0 Å². The Morgan fingerprint density at radius 1 is 0.791 bits per heavy atom. The standard InChI is InChI=1S/C38H46N2O2Si/c1-23(2)24-16-25(18-26(17-24)32-14-12-13-15-39-32)29-21-28(43(9,10)11)22-33-34(29)40-36(42-33)30-19-27(37(3,4)5)20-31(35(30)41)38(6,7)8/h12-23,41H,1-11H3. The summed E-state index contributed by atoms with van der Waals surface area (Å²) in [5, 5.41) is 12.9. The van der Waals surface area contributed by atoms with E-state index in [2.05, 4.69) is 122 Å². The lowest BCUT2D eigenvalue weighted by molar-refractivity contribution is 0.444. The van der Waals surface area contributed by atoms with Crippen molar-refractivity contribution in [2.45, 2.75) is 91.8 Å². The van der Waals surface area contributed by atoms with Crippen LogP contribution >= 0.6 is 0 Å². The number of hydrogen-bond donors (Lipinski definition) is 1. The summed E-state index contributed by atoms with van der Waals surface area (Å²) in [5.41, 5.74) is 9.30. The lowest BCUT2D eigenvalue weighted by atomic mass is 9.79. The molecule has 0 fully saturated rings. The zero-order valence-corrected chi connectivity index (χ0v) is 28.7. The van der Waals surface area contributed by atoms with Crippen LogP contribution in [0.3, 0.4) is 0 Å². The third kappa shape index (κ3) is 6.19. The third-order valence-corrected chi connectivity index (χ3v) is 10.3. The Labute approximate surface area is 258 Å². The van der Waals surface area contributed by atoms with Crippen molar-refractivity contribution in [3.8, 4) is 39.6 Å². The molecule has 1 N–H and O–H groups in total. The highest BCUT2D eigenvalue weighted by Gasteiger charge is 2.28. The summed E-state index contributed by atoms with van der Waals surface area (Å²) in [7, 11) is -1.73. The van der Waals surface area contributed by atoms with Crippen LogP contribution in [-0.2, 0) is 10.8 Å². The number of oxazole rings is 1. The fraction of sp³-hybridized carbons (Fsp3) is 0.368. The molecule has 0 radical (unpaired) electrons. The van der Waals surface area contributed by atoms with E-state index >= 15 is 0 Å². The van der Waals surface area contributed by atoms with Crippen LogP contribution in [0.4, 0.5) is 0 Å². The predicted octanol–water partition coefficient (Wildman–Crippen LogP) is 10.2. The van der Waals surface area contributed by atoms with Gasteiger partial charge in [0.2, 0.25) is 5.89 Å². The van der Waals surface area contributed by atoms with Crippen molar-refractivity contribution in [2.24, 2.45) is 0 Å². The molecule has 5 aromatic rings. The van der Waals surface area contributed by atoms with Crippen molar-refractivity contribution >= 4 is 24.4 Å². The minimum absolute atomic E-state index is 0.107. The smallest absolute Gasteiger partial charge is 0.231 e. The molecule has 0 atom stereocenters. The second-order valence-corrected chi connectivity index (χ2v) is 20.4. The maximum absolute atomic E-state index is 11.6. The number of nitrogens with zero attached hydrogens (tertiary/aromatic N) is 2. The molecule has 224 valence electrons. The Kier molecular flexibility index (Phi) is 7.71. The molecule has 0 aliphatic heterocycles. The van der Waals surface area contributed by atoms with Crippen LogP contribution in [0.2, 0.25) is 19.6 Å². The van der Waals surface area contributed by atoms with Gasteiger partial charge in [-0.05, 0) is 69.8 Å². The average molecular weight is 591 g/mol. The van der Waals surface area contributed by atoms with Crippen LogP contribution in [0.1, 0.15) is 78.0 Å². The fourth-order valence-corrected chi connectivity index (χ4v) is 6.56. The summed E-state index contributed by atoms with van der Waals surface area (Å²) in [5.74, 6) is 1.03. The molecule has 0 spiro atoms. The number of phenols is 1. The highest BCUT2D eigenvalue weighted by atomic mass is 28.3. The number of rotatable bonds is 5. The van der Waals surface area contributed by atoms with E-state index in [-0.39, 0.29) is 16.6 Å². The number of pyridine rings is 1. The largest absolute Gasteiger partial charge is 0.507 e. The summed E-state index contributed by atoms with van der Waals surface area (Å²) >= 11 is 0. The number of aromatic hydroxyl groups is 1. The summed E-state index contributed by atoms with van der Waals surface area (Å²) in [6, 6.07) is 21.4. The topological polar surface area (TPSA) is 59.2 Å². The van der Waals surface area contributed by atoms with Crippen molar-refractivity contribution in [2.75, 3.05) is 0 Å². The van der Waals surface area contributed by atoms with Gasteiger partial charge >= 0.3 is 0 Å². The Hall–Kier alpha value is -3.70. The minimum Gasteiger partial charge on any atom is -0.507 e. The van der Waals surface area contributed by atoms with Crippen LogP contribution < -0.4 is 5.19 Å². The molecule has 3 aromatic carbocycles. The highest BCUT2D eigenvalue weighted by molar-refractivity contribution is 6.88. The van der Waals surface area contributed by atoms with Gasteiger partial charge < -0.3 is 9.52 Å². The number of hydrogen-bond acceptors (Lipinski definition) is 4. The first kappa shape index (κ1) is 30.7. The predicted molar refractivity (Wildman–Crippen MR) is 184 cm³/mol. The number of benzene rings is 3. The van der Waals surface area contributed by atoms with Gasteiger partial charge in [0.1, 0.15) is 11.3 Å². The molecule has 0 saturated heterocycles. The van der Waals surface area contributed by atoms with Crippen molar-refractivity contribution in [1.82, 2.24) is 9.97 Å². The molecule has 4 nitrogen and oxygen atoms in total. The Morgan fingerprint density at radius 3 is 2.07 bits per heavy atom. The fourth-order valence-electron chi connectivity index (χ4n) is 5.42. The zero-order chi connectivity index (χ0) is 31.5. The first-order valence-electron chi connectivity index (χ1n) is 15.3. The normalized spacial score (nSPS) is 12.8. The summed E-state index contributed by atoms with van der Waals surface area (Å²) in [6.45, 7) is 24.5. The summed E-state index contributed by atoms with van der Waals surface area (Å²) < 4.78 is 6.60. The number of fused-ring (bicyclic) bond motifs is 1. The molecule has 43 heavy (non-hydrogen) atoms. The molecule has 5 heteroatoms. The van der Waals surface area contributed by atoms with Crippen LogP contribution in [0.5, 0.6) is 5.75 Å². The molecule has 0 aliphatic carbocycles. The van der Waals surface area contributed by atoms with E-state index < -0.39 is 8.07 Å². The van der Waals surface area contributed by atoms with E-state index in [0.717, 1.165) is 44.6 Å². The van der Waals surface area contributed by atoms with Gasteiger partial charge in [0.05, 0.1) is 19.3 Å². The van der Waals surface area contributed by atoms with Gasteiger partial charge in [0.15, 0.2) is 5.58 Å². The van der Waals surface area contributed by atoms with E-state index in [1.807, 2.05) is 24.4 Å². The zero-order valence-electron chi connectivity index (χ0n) is 27.7. The minimum atomic E-state index is -1.73. The summed E-state index contributed by atoms with van der Waals surface area (Å²) in [6.07, 6.45) is 1.84. The quantitative estimate of drug-likeness (QED) is 0.207. The first-order valence-corrected chi connectivity index (χ1v) is 18.8. The van der Waals surface area contributed by atoms with Gasteiger partial charge in [-0.25, -0.2) is 4.98 Å². The molecule has 2 heterocycles. The van der Waals surface area contributed by atoms with Gasteiger partial charge in [0.25, 0.3) is 0 Å². The van der Waals surface area contributed by atoms with Crippen molar-refractivity contribution in [3.63, 3.8) is 0 Å². The first-order chi connectivity index (χ1) is 19.9. The third-order valence-electron chi connectivity index (χ3n) is 8.27. The number of phenolic OH excluding ortho intramolecular Hbond substituents is 1. The van der Waals surface area contributed by atoms with E-state index in [1.54, 1.807) is 0 Å². The van der Waals surface area contributed by atoms with Crippen molar-refractivity contribution in [1.29, 1.82) is 0 Å². The second-order valence-electron chi connectivity index (χ2n) is 15.3. The molecule has 0 bridgehead atoms. The van der Waals surface area contributed by atoms with Gasteiger partial charge in [-0.2, -0.15) is 0 Å².